The monoisotopic (exact) mass is 264 g/mol. The summed E-state index contributed by atoms with van der Waals surface area (Å²) in [4.78, 5) is 11.7. The molecule has 4 nitrogen and oxygen atoms in total. The molecular formula is C15H20O4. The molecule has 2 N–H and O–H groups in total. The van der Waals surface area contributed by atoms with Crippen molar-refractivity contribution in [2.45, 2.75) is 51.4 Å². The van der Waals surface area contributed by atoms with Crippen LogP contribution < -0.4 is 0 Å². The molecule has 0 aromatic rings. The van der Waals surface area contributed by atoms with Gasteiger partial charge in [0, 0.05) is 11.1 Å². The van der Waals surface area contributed by atoms with Crippen molar-refractivity contribution in [3.05, 3.63) is 22.8 Å². The SMILES string of the molecule is CC1=C[C@@]2(O)OC(=O)C(C)=C2C[C@H]2[C@@H](C)CC[C@@]12O. The van der Waals surface area contributed by atoms with Gasteiger partial charge in [-0.25, -0.2) is 4.79 Å². The number of fused-ring (bicyclic) bond motifs is 2. The van der Waals surface area contributed by atoms with Gasteiger partial charge in [0.25, 0.3) is 5.79 Å². The van der Waals surface area contributed by atoms with E-state index in [9.17, 15) is 15.0 Å². The van der Waals surface area contributed by atoms with Crippen molar-refractivity contribution in [3.8, 4) is 0 Å². The molecule has 0 unspecified atom stereocenters. The first kappa shape index (κ1) is 12.9. The maximum Gasteiger partial charge on any atom is 0.336 e. The Morgan fingerprint density at radius 2 is 2.05 bits per heavy atom. The summed E-state index contributed by atoms with van der Waals surface area (Å²) in [7, 11) is 0. The van der Waals surface area contributed by atoms with Gasteiger partial charge in [-0.2, -0.15) is 0 Å². The number of aliphatic hydroxyl groups is 2. The molecule has 0 spiro atoms. The summed E-state index contributed by atoms with van der Waals surface area (Å²) < 4.78 is 5.12. The lowest BCUT2D eigenvalue weighted by molar-refractivity contribution is -0.167. The zero-order valence-electron chi connectivity index (χ0n) is 11.6. The Morgan fingerprint density at radius 1 is 1.37 bits per heavy atom. The standard InChI is InChI=1S/C15H20O4/c1-8-4-5-14(17)9(2)7-15(18)12(6-11(8)14)10(3)13(16)19-15/h7-8,11,17-18H,4-6H2,1-3H3/t8-,11-,14+,15+/m0/s1. The molecule has 1 heterocycles. The number of esters is 1. The summed E-state index contributed by atoms with van der Waals surface area (Å²) in [5, 5.41) is 21.5. The zero-order chi connectivity index (χ0) is 14.0. The van der Waals surface area contributed by atoms with Crippen LogP contribution in [0.5, 0.6) is 0 Å². The number of carbonyl (C=O) groups excluding carboxylic acids is 1. The van der Waals surface area contributed by atoms with E-state index in [1.54, 1.807) is 6.92 Å². The quantitative estimate of drug-likeness (QED) is 0.516. The summed E-state index contributed by atoms with van der Waals surface area (Å²) in [6, 6.07) is 0. The highest BCUT2D eigenvalue weighted by molar-refractivity contribution is 5.92. The van der Waals surface area contributed by atoms with E-state index in [4.69, 9.17) is 4.74 Å². The first-order valence-electron chi connectivity index (χ1n) is 6.86. The van der Waals surface area contributed by atoms with E-state index in [0.29, 0.717) is 35.5 Å². The summed E-state index contributed by atoms with van der Waals surface area (Å²) in [6.45, 7) is 5.62. The van der Waals surface area contributed by atoms with Crippen molar-refractivity contribution in [1.82, 2.24) is 0 Å². The maximum atomic E-state index is 11.7. The average Bonchev–Trinajstić information content (AvgIpc) is 2.69. The fourth-order valence-electron chi connectivity index (χ4n) is 3.89. The van der Waals surface area contributed by atoms with Crippen LogP contribution in [0.2, 0.25) is 0 Å². The number of hydrogen-bond acceptors (Lipinski definition) is 4. The van der Waals surface area contributed by atoms with Crippen LogP contribution in [0.15, 0.2) is 22.8 Å². The molecule has 0 aromatic heterocycles. The molecule has 3 aliphatic rings. The van der Waals surface area contributed by atoms with Crippen LogP contribution in [-0.2, 0) is 9.53 Å². The first-order chi connectivity index (χ1) is 8.78. The maximum absolute atomic E-state index is 11.7. The van der Waals surface area contributed by atoms with Gasteiger partial charge >= 0.3 is 5.97 Å². The summed E-state index contributed by atoms with van der Waals surface area (Å²) in [5.41, 5.74) is 0.933. The van der Waals surface area contributed by atoms with Gasteiger partial charge in [0.2, 0.25) is 0 Å². The minimum Gasteiger partial charge on any atom is -0.422 e. The highest BCUT2D eigenvalue weighted by atomic mass is 16.7. The Hall–Kier alpha value is -1.13. The summed E-state index contributed by atoms with van der Waals surface area (Å²) in [6.07, 6.45) is 3.71. The number of hydrogen-bond donors (Lipinski definition) is 2. The molecule has 3 rings (SSSR count). The Bertz CT molecular complexity index is 518. The molecule has 1 saturated carbocycles. The highest BCUT2D eigenvalue weighted by Gasteiger charge is 2.54. The zero-order valence-corrected chi connectivity index (χ0v) is 11.6. The Morgan fingerprint density at radius 3 is 2.74 bits per heavy atom. The lowest BCUT2D eigenvalue weighted by Crippen LogP contribution is -2.35. The second-order valence-corrected chi connectivity index (χ2v) is 6.27. The van der Waals surface area contributed by atoms with Gasteiger partial charge in [0.05, 0.1) is 5.60 Å². The molecule has 4 atom stereocenters. The molecule has 0 aromatic carbocycles. The number of rotatable bonds is 0. The van der Waals surface area contributed by atoms with Crippen LogP contribution >= 0.6 is 0 Å². The van der Waals surface area contributed by atoms with Gasteiger partial charge in [0.15, 0.2) is 0 Å². The second-order valence-electron chi connectivity index (χ2n) is 6.27. The van der Waals surface area contributed by atoms with Gasteiger partial charge in [0.1, 0.15) is 0 Å². The summed E-state index contributed by atoms with van der Waals surface area (Å²) in [5.74, 6) is -1.70. The normalized spacial score (nSPS) is 45.5. The lowest BCUT2D eigenvalue weighted by Gasteiger charge is -2.31. The van der Waals surface area contributed by atoms with E-state index in [-0.39, 0.29) is 5.92 Å². The van der Waals surface area contributed by atoms with Crippen LogP contribution in [0, 0.1) is 11.8 Å². The predicted octanol–water partition coefficient (Wildman–Crippen LogP) is 1.68. The van der Waals surface area contributed by atoms with E-state index < -0.39 is 17.4 Å². The highest BCUT2D eigenvalue weighted by Crippen LogP contribution is 2.53. The fraction of sp³-hybridized carbons (Fsp3) is 0.667. The summed E-state index contributed by atoms with van der Waals surface area (Å²) >= 11 is 0. The van der Waals surface area contributed by atoms with E-state index in [1.807, 2.05) is 6.92 Å². The Labute approximate surface area is 112 Å². The fourth-order valence-corrected chi connectivity index (χ4v) is 3.89. The molecule has 2 aliphatic carbocycles. The van der Waals surface area contributed by atoms with Gasteiger partial charge in [-0.3, -0.25) is 0 Å². The third kappa shape index (κ3) is 1.56. The minimum absolute atomic E-state index is 0.0391. The van der Waals surface area contributed by atoms with E-state index >= 15 is 0 Å². The smallest absolute Gasteiger partial charge is 0.336 e. The van der Waals surface area contributed by atoms with Crippen molar-refractivity contribution >= 4 is 5.97 Å². The van der Waals surface area contributed by atoms with E-state index in [1.165, 1.54) is 6.08 Å². The van der Waals surface area contributed by atoms with Crippen LogP contribution in [-0.4, -0.2) is 27.6 Å². The molecule has 1 fully saturated rings. The van der Waals surface area contributed by atoms with E-state index in [2.05, 4.69) is 6.92 Å². The third-order valence-corrected chi connectivity index (χ3v) is 5.24. The molecule has 19 heavy (non-hydrogen) atoms. The molecule has 1 aliphatic heterocycles. The molecule has 4 heteroatoms. The van der Waals surface area contributed by atoms with Crippen molar-refractivity contribution < 1.29 is 19.7 Å². The largest absolute Gasteiger partial charge is 0.422 e. The molecular weight excluding hydrogens is 244 g/mol. The van der Waals surface area contributed by atoms with Crippen molar-refractivity contribution in [2.24, 2.45) is 11.8 Å². The third-order valence-electron chi connectivity index (χ3n) is 5.24. The van der Waals surface area contributed by atoms with E-state index in [0.717, 1.165) is 6.42 Å². The minimum atomic E-state index is -1.65. The van der Waals surface area contributed by atoms with Crippen LogP contribution in [0.4, 0.5) is 0 Å². The van der Waals surface area contributed by atoms with Crippen LogP contribution in [0.3, 0.4) is 0 Å². The lowest BCUT2D eigenvalue weighted by atomic mass is 9.79. The molecule has 104 valence electrons. The first-order valence-corrected chi connectivity index (χ1v) is 6.86. The topological polar surface area (TPSA) is 66.8 Å². The average molecular weight is 264 g/mol. The van der Waals surface area contributed by atoms with Crippen LogP contribution in [0.1, 0.15) is 40.0 Å². The Kier molecular flexibility index (Phi) is 2.51. The molecule has 0 amide bonds. The van der Waals surface area contributed by atoms with Crippen molar-refractivity contribution in [1.29, 1.82) is 0 Å². The molecule has 0 saturated heterocycles. The van der Waals surface area contributed by atoms with Crippen molar-refractivity contribution in [2.75, 3.05) is 0 Å². The second kappa shape index (κ2) is 3.70. The predicted molar refractivity (Wildman–Crippen MR) is 69.0 cm³/mol. The van der Waals surface area contributed by atoms with Crippen LogP contribution in [0.25, 0.3) is 0 Å². The van der Waals surface area contributed by atoms with Crippen molar-refractivity contribution in [3.63, 3.8) is 0 Å². The van der Waals surface area contributed by atoms with Gasteiger partial charge < -0.3 is 14.9 Å². The Balaban J connectivity index is 2.15. The number of carbonyl (C=O) groups is 1. The number of ether oxygens (including phenoxy) is 1. The van der Waals surface area contributed by atoms with Gasteiger partial charge in [-0.05, 0) is 56.6 Å². The molecule has 0 radical (unpaired) electrons. The molecule has 0 bridgehead atoms. The van der Waals surface area contributed by atoms with Gasteiger partial charge in [-0.1, -0.05) is 6.92 Å². The van der Waals surface area contributed by atoms with Gasteiger partial charge in [-0.15, -0.1) is 0 Å².